The molecule has 1 rings (SSSR count). The van der Waals surface area contributed by atoms with Crippen molar-refractivity contribution in [1.82, 2.24) is 4.98 Å². The van der Waals surface area contributed by atoms with Gasteiger partial charge in [-0.2, -0.15) is 4.98 Å². The van der Waals surface area contributed by atoms with Gasteiger partial charge in [0.2, 0.25) is 5.88 Å². The summed E-state index contributed by atoms with van der Waals surface area (Å²) in [5, 5.41) is 11.8. The SMILES string of the molecule is COc1nc(NCCCCCO)ccc1N. The first-order chi connectivity index (χ1) is 7.77. The van der Waals surface area contributed by atoms with Gasteiger partial charge in [0, 0.05) is 13.2 Å². The van der Waals surface area contributed by atoms with Crippen LogP contribution in [0.4, 0.5) is 11.5 Å². The van der Waals surface area contributed by atoms with Crippen molar-refractivity contribution in [3.8, 4) is 5.88 Å². The van der Waals surface area contributed by atoms with E-state index in [9.17, 15) is 0 Å². The molecule has 0 aliphatic heterocycles. The average molecular weight is 225 g/mol. The van der Waals surface area contributed by atoms with E-state index >= 15 is 0 Å². The normalized spacial score (nSPS) is 10.1. The van der Waals surface area contributed by atoms with Gasteiger partial charge in [-0.25, -0.2) is 0 Å². The summed E-state index contributed by atoms with van der Waals surface area (Å²) >= 11 is 0. The molecule has 5 nitrogen and oxygen atoms in total. The van der Waals surface area contributed by atoms with Gasteiger partial charge >= 0.3 is 0 Å². The van der Waals surface area contributed by atoms with Crippen molar-refractivity contribution >= 4 is 11.5 Å². The van der Waals surface area contributed by atoms with Crippen molar-refractivity contribution in [2.45, 2.75) is 19.3 Å². The Morgan fingerprint density at radius 1 is 1.38 bits per heavy atom. The number of hydrogen-bond donors (Lipinski definition) is 3. The lowest BCUT2D eigenvalue weighted by molar-refractivity contribution is 0.283. The third kappa shape index (κ3) is 3.94. The largest absolute Gasteiger partial charge is 0.479 e. The first-order valence-electron chi connectivity index (χ1n) is 5.43. The average Bonchev–Trinajstić information content (AvgIpc) is 2.31. The fourth-order valence-corrected chi connectivity index (χ4v) is 1.34. The van der Waals surface area contributed by atoms with Crippen LogP contribution < -0.4 is 15.8 Å². The summed E-state index contributed by atoms with van der Waals surface area (Å²) < 4.78 is 5.02. The van der Waals surface area contributed by atoms with Gasteiger partial charge in [0.15, 0.2) is 0 Å². The first-order valence-corrected chi connectivity index (χ1v) is 5.43. The number of anilines is 2. The molecule has 0 aliphatic rings. The minimum atomic E-state index is 0.258. The molecule has 5 heteroatoms. The third-order valence-electron chi connectivity index (χ3n) is 2.22. The monoisotopic (exact) mass is 225 g/mol. The number of hydrogen-bond acceptors (Lipinski definition) is 5. The highest BCUT2D eigenvalue weighted by atomic mass is 16.5. The van der Waals surface area contributed by atoms with Crippen molar-refractivity contribution in [2.24, 2.45) is 0 Å². The maximum Gasteiger partial charge on any atom is 0.238 e. The molecule has 0 bridgehead atoms. The lowest BCUT2D eigenvalue weighted by Crippen LogP contribution is -2.05. The smallest absolute Gasteiger partial charge is 0.238 e. The summed E-state index contributed by atoms with van der Waals surface area (Å²) in [6.07, 6.45) is 2.87. The number of nitrogens with zero attached hydrogens (tertiary/aromatic N) is 1. The van der Waals surface area contributed by atoms with Gasteiger partial charge in [0.05, 0.1) is 12.8 Å². The molecule has 0 radical (unpaired) electrons. The molecular formula is C11H19N3O2. The Morgan fingerprint density at radius 3 is 2.88 bits per heavy atom. The minimum absolute atomic E-state index is 0.258. The van der Waals surface area contributed by atoms with Crippen LogP contribution in [0.15, 0.2) is 12.1 Å². The van der Waals surface area contributed by atoms with Crippen LogP contribution in [0.1, 0.15) is 19.3 Å². The predicted octanol–water partition coefficient (Wildman–Crippen LogP) is 1.25. The maximum absolute atomic E-state index is 8.62. The van der Waals surface area contributed by atoms with Gasteiger partial charge in [0.1, 0.15) is 5.82 Å². The van der Waals surface area contributed by atoms with E-state index < -0.39 is 0 Å². The van der Waals surface area contributed by atoms with Crippen LogP contribution in [-0.4, -0.2) is 30.4 Å². The van der Waals surface area contributed by atoms with E-state index in [1.165, 1.54) is 0 Å². The summed E-state index contributed by atoms with van der Waals surface area (Å²) in [7, 11) is 1.55. The molecule has 0 unspecified atom stereocenters. The number of aromatic nitrogens is 1. The van der Waals surface area contributed by atoms with Gasteiger partial charge in [-0.15, -0.1) is 0 Å². The molecule has 90 valence electrons. The van der Waals surface area contributed by atoms with Crippen molar-refractivity contribution in [3.63, 3.8) is 0 Å². The van der Waals surface area contributed by atoms with Crippen molar-refractivity contribution in [2.75, 3.05) is 31.3 Å². The number of nitrogen functional groups attached to an aromatic ring is 1. The Hall–Kier alpha value is -1.49. The summed E-state index contributed by atoms with van der Waals surface area (Å²) in [5.74, 6) is 1.20. The highest BCUT2D eigenvalue weighted by Gasteiger charge is 2.01. The predicted molar refractivity (Wildman–Crippen MR) is 64.6 cm³/mol. The molecule has 0 fully saturated rings. The summed E-state index contributed by atoms with van der Waals surface area (Å²) in [5.41, 5.74) is 6.19. The number of unbranched alkanes of at least 4 members (excludes halogenated alkanes) is 2. The van der Waals surface area contributed by atoms with Crippen LogP contribution >= 0.6 is 0 Å². The second-order valence-corrected chi connectivity index (χ2v) is 3.51. The highest BCUT2D eigenvalue weighted by molar-refractivity contribution is 5.53. The molecule has 0 aromatic carbocycles. The summed E-state index contributed by atoms with van der Waals surface area (Å²) in [6.45, 7) is 1.09. The molecule has 16 heavy (non-hydrogen) atoms. The molecule has 1 aromatic rings. The maximum atomic E-state index is 8.62. The van der Waals surface area contributed by atoms with E-state index in [4.69, 9.17) is 15.6 Å². The fourth-order valence-electron chi connectivity index (χ4n) is 1.34. The quantitative estimate of drug-likeness (QED) is 0.608. The Morgan fingerprint density at radius 2 is 2.19 bits per heavy atom. The Labute approximate surface area is 95.6 Å². The summed E-state index contributed by atoms with van der Waals surface area (Å²) in [4.78, 5) is 4.20. The van der Waals surface area contributed by atoms with Gasteiger partial charge in [-0.05, 0) is 31.4 Å². The number of aliphatic hydroxyl groups is 1. The lowest BCUT2D eigenvalue weighted by atomic mass is 10.2. The molecule has 1 aromatic heterocycles. The number of pyridine rings is 1. The Kier molecular flexibility index (Phi) is 5.42. The van der Waals surface area contributed by atoms with E-state index in [2.05, 4.69) is 10.3 Å². The van der Waals surface area contributed by atoms with Crippen LogP contribution in [-0.2, 0) is 0 Å². The number of aliphatic hydroxyl groups excluding tert-OH is 1. The Balaban J connectivity index is 2.36. The van der Waals surface area contributed by atoms with E-state index in [1.807, 2.05) is 6.07 Å². The zero-order chi connectivity index (χ0) is 11.8. The molecule has 0 spiro atoms. The molecule has 1 heterocycles. The van der Waals surface area contributed by atoms with Crippen molar-refractivity contribution in [1.29, 1.82) is 0 Å². The van der Waals surface area contributed by atoms with E-state index in [0.29, 0.717) is 11.6 Å². The van der Waals surface area contributed by atoms with Crippen LogP contribution in [0.3, 0.4) is 0 Å². The number of methoxy groups -OCH3 is 1. The van der Waals surface area contributed by atoms with Gasteiger partial charge in [0.25, 0.3) is 0 Å². The van der Waals surface area contributed by atoms with Gasteiger partial charge < -0.3 is 20.9 Å². The Bertz CT molecular complexity index is 318. The molecule has 0 saturated heterocycles. The third-order valence-corrected chi connectivity index (χ3v) is 2.22. The summed E-state index contributed by atoms with van der Waals surface area (Å²) in [6, 6.07) is 3.59. The van der Waals surface area contributed by atoms with Gasteiger partial charge in [-0.1, -0.05) is 0 Å². The molecule has 0 saturated carbocycles. The standard InChI is InChI=1S/C11H19N3O2/c1-16-11-9(12)5-6-10(14-11)13-7-3-2-4-8-15/h5-6,15H,2-4,7-8,12H2,1H3,(H,13,14). The van der Waals surface area contributed by atoms with Crippen LogP contribution in [0.25, 0.3) is 0 Å². The first kappa shape index (κ1) is 12.6. The topological polar surface area (TPSA) is 80.4 Å². The van der Waals surface area contributed by atoms with E-state index in [-0.39, 0.29) is 6.61 Å². The molecule has 4 N–H and O–H groups in total. The number of nitrogens with two attached hydrogens (primary N) is 1. The zero-order valence-electron chi connectivity index (χ0n) is 9.57. The second kappa shape index (κ2) is 6.90. The van der Waals surface area contributed by atoms with E-state index in [0.717, 1.165) is 31.6 Å². The highest BCUT2D eigenvalue weighted by Crippen LogP contribution is 2.19. The lowest BCUT2D eigenvalue weighted by Gasteiger charge is -2.08. The van der Waals surface area contributed by atoms with Crippen LogP contribution in [0, 0.1) is 0 Å². The molecular weight excluding hydrogens is 206 g/mol. The minimum Gasteiger partial charge on any atom is -0.479 e. The van der Waals surface area contributed by atoms with Crippen molar-refractivity contribution in [3.05, 3.63) is 12.1 Å². The van der Waals surface area contributed by atoms with Crippen LogP contribution in [0.5, 0.6) is 5.88 Å². The molecule has 0 aliphatic carbocycles. The number of nitrogens with one attached hydrogen (secondary N) is 1. The molecule has 0 atom stereocenters. The van der Waals surface area contributed by atoms with E-state index in [1.54, 1.807) is 13.2 Å². The number of rotatable bonds is 7. The zero-order valence-corrected chi connectivity index (χ0v) is 9.57. The van der Waals surface area contributed by atoms with Gasteiger partial charge in [-0.3, -0.25) is 0 Å². The fraction of sp³-hybridized carbons (Fsp3) is 0.545. The van der Waals surface area contributed by atoms with Crippen LogP contribution in [0.2, 0.25) is 0 Å². The second-order valence-electron chi connectivity index (χ2n) is 3.51. The number of ether oxygens (including phenoxy) is 1. The molecule has 0 amide bonds. The van der Waals surface area contributed by atoms with Crippen molar-refractivity contribution < 1.29 is 9.84 Å².